The summed E-state index contributed by atoms with van der Waals surface area (Å²) in [5.74, 6) is 0.771. The molecule has 2 fully saturated rings. The summed E-state index contributed by atoms with van der Waals surface area (Å²) in [6.45, 7) is 4.22. The number of nitrogens with one attached hydrogen (secondary N) is 1. The maximum absolute atomic E-state index is 10.7. The number of likely N-dealkylation sites (tertiary alicyclic amines) is 1. The highest BCUT2D eigenvalue weighted by atomic mass is 35.5. The molecule has 2 aliphatic heterocycles. The van der Waals surface area contributed by atoms with E-state index in [4.69, 9.17) is 0 Å². The largest absolute Gasteiger partial charge is 0.324 e. The van der Waals surface area contributed by atoms with Crippen LogP contribution in [0.5, 0.6) is 0 Å². The Bertz CT molecular complexity index is 454. The molecule has 3 heterocycles. The first-order valence-corrected chi connectivity index (χ1v) is 7.28. The van der Waals surface area contributed by atoms with Crippen molar-refractivity contribution in [3.8, 4) is 0 Å². The summed E-state index contributed by atoms with van der Waals surface area (Å²) >= 11 is 1.23. The van der Waals surface area contributed by atoms with Crippen LogP contribution in [0.4, 0.5) is 5.00 Å². The van der Waals surface area contributed by atoms with Gasteiger partial charge in [0.05, 0.1) is 4.92 Å². The molecule has 2 unspecified atom stereocenters. The molecule has 0 bridgehead atoms. The van der Waals surface area contributed by atoms with Crippen LogP contribution < -0.4 is 5.32 Å². The van der Waals surface area contributed by atoms with Crippen LogP contribution in [0.1, 0.15) is 18.4 Å². The zero-order valence-electron chi connectivity index (χ0n) is 10.6. The molecule has 19 heavy (non-hydrogen) atoms. The molecule has 2 saturated heterocycles. The van der Waals surface area contributed by atoms with Crippen LogP contribution in [0.15, 0.2) is 11.4 Å². The van der Waals surface area contributed by atoms with Crippen LogP contribution in [-0.2, 0) is 6.54 Å². The summed E-state index contributed by atoms with van der Waals surface area (Å²) in [7, 11) is 0. The van der Waals surface area contributed by atoms with Crippen molar-refractivity contribution in [2.24, 2.45) is 5.92 Å². The average molecular weight is 304 g/mol. The third-order valence-electron chi connectivity index (χ3n) is 3.97. The number of thiophene rings is 1. The monoisotopic (exact) mass is 303 g/mol. The zero-order chi connectivity index (χ0) is 12.5. The van der Waals surface area contributed by atoms with Gasteiger partial charge in [-0.2, -0.15) is 0 Å². The van der Waals surface area contributed by atoms with Crippen LogP contribution in [0.2, 0.25) is 0 Å². The first kappa shape index (κ1) is 14.7. The van der Waals surface area contributed by atoms with Gasteiger partial charge < -0.3 is 5.32 Å². The van der Waals surface area contributed by atoms with E-state index in [1.807, 2.05) is 5.38 Å². The van der Waals surface area contributed by atoms with Gasteiger partial charge in [-0.15, -0.1) is 12.4 Å². The molecule has 1 aromatic heterocycles. The third-order valence-corrected chi connectivity index (χ3v) is 4.89. The predicted octanol–water partition coefficient (Wildman–Crippen LogP) is 2.26. The maximum atomic E-state index is 10.7. The van der Waals surface area contributed by atoms with E-state index in [9.17, 15) is 10.1 Å². The van der Waals surface area contributed by atoms with Crippen molar-refractivity contribution in [2.45, 2.75) is 25.4 Å². The Balaban J connectivity index is 0.00000133. The summed E-state index contributed by atoms with van der Waals surface area (Å²) in [6, 6.07) is 2.42. The van der Waals surface area contributed by atoms with Gasteiger partial charge in [0.2, 0.25) is 0 Å². The zero-order valence-corrected chi connectivity index (χ0v) is 12.2. The number of nitrogens with zero attached hydrogens (tertiary/aromatic N) is 2. The molecule has 0 amide bonds. The molecule has 0 saturated carbocycles. The van der Waals surface area contributed by atoms with E-state index in [2.05, 4.69) is 10.2 Å². The SMILES string of the molecule is Cl.O=[N+]([O-])c1cc(CN2CCC3NCCC3C2)cs1. The number of piperidine rings is 1. The second-order valence-corrected chi connectivity index (χ2v) is 6.07. The first-order chi connectivity index (χ1) is 8.72. The number of rotatable bonds is 3. The highest BCUT2D eigenvalue weighted by molar-refractivity contribution is 7.13. The molecule has 5 nitrogen and oxygen atoms in total. The van der Waals surface area contributed by atoms with Crippen molar-refractivity contribution >= 4 is 28.7 Å². The lowest BCUT2D eigenvalue weighted by atomic mass is 9.93. The molecule has 2 atom stereocenters. The molecule has 0 aromatic carbocycles. The Morgan fingerprint density at radius 2 is 2.37 bits per heavy atom. The Kier molecular flexibility index (Phi) is 4.78. The molecular formula is C12H18ClN3O2S. The number of hydrogen-bond acceptors (Lipinski definition) is 5. The molecule has 1 aromatic rings. The van der Waals surface area contributed by atoms with Gasteiger partial charge in [0.25, 0.3) is 0 Å². The second-order valence-electron chi connectivity index (χ2n) is 5.18. The van der Waals surface area contributed by atoms with Crippen molar-refractivity contribution in [1.82, 2.24) is 10.2 Å². The van der Waals surface area contributed by atoms with Gasteiger partial charge >= 0.3 is 5.00 Å². The third kappa shape index (κ3) is 3.25. The van der Waals surface area contributed by atoms with Gasteiger partial charge in [-0.1, -0.05) is 11.3 Å². The summed E-state index contributed by atoms with van der Waals surface area (Å²) < 4.78 is 0. The lowest BCUT2D eigenvalue weighted by Gasteiger charge is -2.34. The smallest absolute Gasteiger partial charge is 0.314 e. The van der Waals surface area contributed by atoms with E-state index < -0.39 is 0 Å². The van der Waals surface area contributed by atoms with Crippen LogP contribution in [0, 0.1) is 16.0 Å². The van der Waals surface area contributed by atoms with Gasteiger partial charge in [0.15, 0.2) is 0 Å². The molecule has 0 spiro atoms. The fourth-order valence-electron chi connectivity index (χ4n) is 3.07. The van der Waals surface area contributed by atoms with Gasteiger partial charge in [0.1, 0.15) is 0 Å². The number of nitro groups is 1. The quantitative estimate of drug-likeness (QED) is 0.687. The van der Waals surface area contributed by atoms with Crippen LogP contribution in [0.3, 0.4) is 0 Å². The molecule has 2 aliphatic rings. The van der Waals surface area contributed by atoms with E-state index in [-0.39, 0.29) is 22.3 Å². The number of halogens is 1. The summed E-state index contributed by atoms with van der Waals surface area (Å²) in [4.78, 5) is 12.8. The van der Waals surface area contributed by atoms with Gasteiger partial charge in [-0.3, -0.25) is 15.0 Å². The minimum atomic E-state index is -0.304. The average Bonchev–Trinajstić information content (AvgIpc) is 2.96. The Labute approximate surface area is 122 Å². The molecule has 1 N–H and O–H groups in total. The molecule has 3 rings (SSSR count). The van der Waals surface area contributed by atoms with Crippen molar-refractivity contribution in [3.05, 3.63) is 27.1 Å². The Hall–Kier alpha value is -0.690. The molecule has 7 heteroatoms. The first-order valence-electron chi connectivity index (χ1n) is 6.40. The fraction of sp³-hybridized carbons (Fsp3) is 0.667. The van der Waals surface area contributed by atoms with Crippen LogP contribution in [-0.4, -0.2) is 35.5 Å². The van der Waals surface area contributed by atoms with Crippen molar-refractivity contribution in [2.75, 3.05) is 19.6 Å². The summed E-state index contributed by atoms with van der Waals surface area (Å²) in [5.41, 5.74) is 1.08. The number of hydrogen-bond donors (Lipinski definition) is 1. The van der Waals surface area contributed by atoms with Gasteiger partial charge in [-0.25, -0.2) is 0 Å². The van der Waals surface area contributed by atoms with Crippen LogP contribution >= 0.6 is 23.7 Å². The van der Waals surface area contributed by atoms with E-state index in [0.29, 0.717) is 6.04 Å². The van der Waals surface area contributed by atoms with E-state index in [1.165, 1.54) is 24.2 Å². The minimum Gasteiger partial charge on any atom is -0.314 e. The van der Waals surface area contributed by atoms with E-state index in [0.717, 1.165) is 37.7 Å². The normalized spacial score (nSPS) is 26.7. The van der Waals surface area contributed by atoms with Gasteiger partial charge in [0, 0.05) is 30.6 Å². The second kappa shape index (κ2) is 6.17. The Morgan fingerprint density at radius 1 is 1.53 bits per heavy atom. The van der Waals surface area contributed by atoms with E-state index in [1.54, 1.807) is 6.07 Å². The highest BCUT2D eigenvalue weighted by Gasteiger charge is 2.32. The molecule has 0 radical (unpaired) electrons. The van der Waals surface area contributed by atoms with Crippen molar-refractivity contribution < 1.29 is 4.92 Å². The topological polar surface area (TPSA) is 58.4 Å². The predicted molar refractivity (Wildman–Crippen MR) is 78.0 cm³/mol. The van der Waals surface area contributed by atoms with Crippen molar-refractivity contribution in [1.29, 1.82) is 0 Å². The standard InChI is InChI=1S/C12H17N3O2S.ClH/c16-15(17)12-5-9(8-18-12)6-14-4-2-11-10(7-14)1-3-13-11;/h5,8,10-11,13H,1-4,6-7H2;1H. The minimum absolute atomic E-state index is 0. The molecular weight excluding hydrogens is 286 g/mol. The Morgan fingerprint density at radius 3 is 3.11 bits per heavy atom. The number of fused-ring (bicyclic) bond motifs is 1. The molecule has 106 valence electrons. The van der Waals surface area contributed by atoms with Gasteiger partial charge in [-0.05, 0) is 37.4 Å². The summed E-state index contributed by atoms with van der Waals surface area (Å²) in [6.07, 6.45) is 2.47. The fourth-order valence-corrected chi connectivity index (χ4v) is 3.79. The van der Waals surface area contributed by atoms with Crippen molar-refractivity contribution in [3.63, 3.8) is 0 Å². The lowest BCUT2D eigenvalue weighted by Crippen LogP contribution is -2.43. The highest BCUT2D eigenvalue weighted by Crippen LogP contribution is 2.28. The molecule has 0 aliphatic carbocycles. The van der Waals surface area contributed by atoms with E-state index >= 15 is 0 Å². The summed E-state index contributed by atoms with van der Waals surface area (Å²) in [5, 5.41) is 16.4. The van der Waals surface area contributed by atoms with Crippen LogP contribution in [0.25, 0.3) is 0 Å². The maximum Gasteiger partial charge on any atom is 0.324 e. The lowest BCUT2D eigenvalue weighted by molar-refractivity contribution is -0.380.